The summed E-state index contributed by atoms with van der Waals surface area (Å²) >= 11 is 0. The van der Waals surface area contributed by atoms with Crippen LogP contribution in [0.25, 0.3) is 0 Å². The lowest BCUT2D eigenvalue weighted by atomic mass is 10.0. The van der Waals surface area contributed by atoms with E-state index in [0.29, 0.717) is 0 Å². The van der Waals surface area contributed by atoms with Crippen molar-refractivity contribution in [2.45, 2.75) is 32.3 Å². The molecule has 0 fully saturated rings. The number of hydrogen-bond acceptors (Lipinski definition) is 1. The molecule has 0 rings (SSSR count). The molecule has 0 radical (unpaired) electrons. The molecule has 1 N–H and O–H groups in total. The van der Waals surface area contributed by atoms with Crippen molar-refractivity contribution in [3.05, 3.63) is 12.7 Å². The van der Waals surface area contributed by atoms with Crippen LogP contribution in [0, 0.1) is 0 Å². The van der Waals surface area contributed by atoms with E-state index >= 15 is 0 Å². The van der Waals surface area contributed by atoms with Gasteiger partial charge >= 0.3 is 0 Å². The average molecular weight is 114 g/mol. The number of hydrogen-bond donors (Lipinski definition) is 1. The van der Waals surface area contributed by atoms with Gasteiger partial charge in [-0.3, -0.25) is 0 Å². The van der Waals surface area contributed by atoms with Gasteiger partial charge < -0.3 is 5.11 Å². The van der Waals surface area contributed by atoms with Gasteiger partial charge in [-0.1, -0.05) is 19.4 Å². The van der Waals surface area contributed by atoms with E-state index in [2.05, 4.69) is 6.58 Å². The molecule has 0 heterocycles. The molecule has 0 unspecified atom stereocenters. The van der Waals surface area contributed by atoms with Crippen LogP contribution < -0.4 is 0 Å². The van der Waals surface area contributed by atoms with Gasteiger partial charge in [-0.15, -0.1) is 6.58 Å². The molecule has 0 saturated carbocycles. The predicted molar refractivity (Wildman–Crippen MR) is 35.7 cm³/mol. The minimum absolute atomic E-state index is 0.644. The second-order valence-corrected chi connectivity index (χ2v) is 2.31. The zero-order valence-electron chi connectivity index (χ0n) is 5.65. The molecule has 8 heavy (non-hydrogen) atoms. The smallest absolute Gasteiger partial charge is 0.0796 e. The minimum Gasteiger partial charge on any atom is -0.386 e. The first-order chi connectivity index (χ1) is 3.62. The van der Waals surface area contributed by atoms with E-state index in [-0.39, 0.29) is 0 Å². The Morgan fingerprint density at radius 2 is 2.25 bits per heavy atom. The topological polar surface area (TPSA) is 20.2 Å². The highest BCUT2D eigenvalue weighted by molar-refractivity contribution is 4.90. The number of aliphatic hydroxyl groups is 1. The summed E-state index contributed by atoms with van der Waals surface area (Å²) in [5.41, 5.74) is -0.644. The summed E-state index contributed by atoms with van der Waals surface area (Å²) in [7, 11) is 0. The second-order valence-electron chi connectivity index (χ2n) is 2.31. The highest BCUT2D eigenvalue weighted by Crippen LogP contribution is 2.11. The van der Waals surface area contributed by atoms with Gasteiger partial charge in [0.2, 0.25) is 0 Å². The SMILES string of the molecule is C=C[C@@](C)(O)CCC. The van der Waals surface area contributed by atoms with Crippen LogP contribution in [0.3, 0.4) is 0 Å². The van der Waals surface area contributed by atoms with Gasteiger partial charge in [-0.25, -0.2) is 0 Å². The summed E-state index contributed by atoms with van der Waals surface area (Å²) in [5, 5.41) is 9.21. The molecule has 0 aromatic carbocycles. The standard InChI is InChI=1S/C7H14O/c1-4-6-7(3,8)5-2/h5,8H,2,4,6H2,1,3H3/t7-/m1/s1. The highest BCUT2D eigenvalue weighted by atomic mass is 16.3. The first kappa shape index (κ1) is 7.70. The first-order valence-corrected chi connectivity index (χ1v) is 2.98. The molecule has 48 valence electrons. The van der Waals surface area contributed by atoms with E-state index in [1.54, 1.807) is 13.0 Å². The van der Waals surface area contributed by atoms with Crippen LogP contribution in [0.2, 0.25) is 0 Å². The van der Waals surface area contributed by atoms with Crippen molar-refractivity contribution in [1.82, 2.24) is 0 Å². The number of rotatable bonds is 3. The maximum atomic E-state index is 9.21. The molecule has 0 aliphatic carbocycles. The molecular weight excluding hydrogens is 100 g/mol. The third-order valence-corrected chi connectivity index (χ3v) is 1.20. The average Bonchev–Trinajstić information content (AvgIpc) is 1.67. The van der Waals surface area contributed by atoms with Gasteiger partial charge in [0.1, 0.15) is 0 Å². The van der Waals surface area contributed by atoms with Crippen molar-refractivity contribution in [3.63, 3.8) is 0 Å². The molecule has 0 amide bonds. The van der Waals surface area contributed by atoms with E-state index in [1.165, 1.54) is 0 Å². The van der Waals surface area contributed by atoms with Crippen molar-refractivity contribution in [3.8, 4) is 0 Å². The second kappa shape index (κ2) is 2.88. The zero-order valence-corrected chi connectivity index (χ0v) is 5.65. The van der Waals surface area contributed by atoms with Crippen LogP contribution in [0.5, 0.6) is 0 Å². The van der Waals surface area contributed by atoms with Crippen LogP contribution in [0.1, 0.15) is 26.7 Å². The van der Waals surface area contributed by atoms with Crippen LogP contribution in [0.4, 0.5) is 0 Å². The van der Waals surface area contributed by atoms with Crippen LogP contribution in [-0.4, -0.2) is 10.7 Å². The molecule has 0 bridgehead atoms. The molecule has 0 aromatic heterocycles. The monoisotopic (exact) mass is 114 g/mol. The summed E-state index contributed by atoms with van der Waals surface area (Å²) in [6, 6.07) is 0. The van der Waals surface area contributed by atoms with Crippen molar-refractivity contribution in [2.75, 3.05) is 0 Å². The molecule has 1 atom stereocenters. The third kappa shape index (κ3) is 2.80. The van der Waals surface area contributed by atoms with Crippen LogP contribution >= 0.6 is 0 Å². The van der Waals surface area contributed by atoms with Crippen molar-refractivity contribution in [2.24, 2.45) is 0 Å². The van der Waals surface area contributed by atoms with E-state index in [0.717, 1.165) is 12.8 Å². The third-order valence-electron chi connectivity index (χ3n) is 1.20. The van der Waals surface area contributed by atoms with Crippen molar-refractivity contribution in [1.29, 1.82) is 0 Å². The Kier molecular flexibility index (Phi) is 2.77. The largest absolute Gasteiger partial charge is 0.386 e. The van der Waals surface area contributed by atoms with Gasteiger partial charge in [0, 0.05) is 0 Å². The lowest BCUT2D eigenvalue weighted by molar-refractivity contribution is 0.101. The lowest BCUT2D eigenvalue weighted by Crippen LogP contribution is -2.18. The lowest BCUT2D eigenvalue weighted by Gasteiger charge is -2.15. The van der Waals surface area contributed by atoms with E-state index in [1.807, 2.05) is 6.92 Å². The highest BCUT2D eigenvalue weighted by Gasteiger charge is 2.11. The van der Waals surface area contributed by atoms with Crippen LogP contribution in [0.15, 0.2) is 12.7 Å². The van der Waals surface area contributed by atoms with Gasteiger partial charge in [0.05, 0.1) is 5.60 Å². The summed E-state index contributed by atoms with van der Waals surface area (Å²) < 4.78 is 0. The van der Waals surface area contributed by atoms with E-state index in [9.17, 15) is 5.11 Å². The van der Waals surface area contributed by atoms with Gasteiger partial charge in [-0.2, -0.15) is 0 Å². The Hall–Kier alpha value is -0.300. The van der Waals surface area contributed by atoms with Crippen molar-refractivity contribution < 1.29 is 5.11 Å². The maximum absolute atomic E-state index is 9.21. The normalized spacial score (nSPS) is 17.4. The fraction of sp³-hybridized carbons (Fsp3) is 0.714. The fourth-order valence-corrected chi connectivity index (χ4v) is 0.608. The first-order valence-electron chi connectivity index (χ1n) is 2.98. The maximum Gasteiger partial charge on any atom is 0.0796 e. The Morgan fingerprint density at radius 3 is 2.38 bits per heavy atom. The summed E-state index contributed by atoms with van der Waals surface area (Å²) in [5.74, 6) is 0. The molecular formula is C7H14O. The quantitative estimate of drug-likeness (QED) is 0.554. The van der Waals surface area contributed by atoms with E-state index < -0.39 is 5.60 Å². The molecule has 0 aromatic rings. The van der Waals surface area contributed by atoms with Gasteiger partial charge in [0.15, 0.2) is 0 Å². The van der Waals surface area contributed by atoms with E-state index in [4.69, 9.17) is 0 Å². The Balaban J connectivity index is 3.53. The molecule has 0 spiro atoms. The molecule has 0 aliphatic heterocycles. The summed E-state index contributed by atoms with van der Waals surface area (Å²) in [6.07, 6.45) is 3.38. The molecule has 1 nitrogen and oxygen atoms in total. The predicted octanol–water partition coefficient (Wildman–Crippen LogP) is 1.72. The summed E-state index contributed by atoms with van der Waals surface area (Å²) in [4.78, 5) is 0. The fourth-order valence-electron chi connectivity index (χ4n) is 0.608. The van der Waals surface area contributed by atoms with Crippen molar-refractivity contribution >= 4 is 0 Å². The van der Waals surface area contributed by atoms with Crippen LogP contribution in [-0.2, 0) is 0 Å². The molecule has 1 heteroatoms. The summed E-state index contributed by atoms with van der Waals surface area (Å²) in [6.45, 7) is 7.31. The van der Waals surface area contributed by atoms with Gasteiger partial charge in [-0.05, 0) is 13.3 Å². The molecule has 0 saturated heterocycles. The Morgan fingerprint density at radius 1 is 1.75 bits per heavy atom. The Bertz CT molecular complexity index is 74.5. The zero-order chi connectivity index (χ0) is 6.62. The molecule has 0 aliphatic rings. The minimum atomic E-state index is -0.644. The Labute approximate surface area is 51.0 Å². The van der Waals surface area contributed by atoms with Gasteiger partial charge in [0.25, 0.3) is 0 Å².